The number of aromatic nitrogens is 2. The van der Waals surface area contributed by atoms with Gasteiger partial charge in [0.15, 0.2) is 0 Å². The lowest BCUT2D eigenvalue weighted by Gasteiger charge is -2.20. The number of hydrogen-bond acceptors (Lipinski definition) is 3. The normalized spacial score (nSPS) is 10.9. The predicted octanol–water partition coefficient (Wildman–Crippen LogP) is 5.71. The first-order chi connectivity index (χ1) is 15.3. The molecule has 158 valence electrons. The topological polar surface area (TPSA) is 36.3 Å². The molecule has 0 saturated carbocycles. The molecule has 0 atom stereocenters. The van der Waals surface area contributed by atoms with Crippen molar-refractivity contribution >= 4 is 0 Å². The van der Waals surface area contributed by atoms with Crippen LogP contribution >= 0.6 is 0 Å². The van der Waals surface area contributed by atoms with Gasteiger partial charge in [-0.25, -0.2) is 4.98 Å². The van der Waals surface area contributed by atoms with E-state index in [0.29, 0.717) is 0 Å². The molecule has 0 saturated heterocycles. The first kappa shape index (κ1) is 20.7. The lowest BCUT2D eigenvalue weighted by atomic mass is 9.87. The van der Waals surface area contributed by atoms with E-state index in [1.54, 1.807) is 14.2 Å². The average molecular weight is 413 g/mol. The summed E-state index contributed by atoms with van der Waals surface area (Å²) in [5.74, 6) is 1.98. The third kappa shape index (κ3) is 5.15. The summed E-state index contributed by atoms with van der Waals surface area (Å²) in [5.41, 5.74) is 4.99. The van der Waals surface area contributed by atoms with Crippen molar-refractivity contribution in [2.24, 2.45) is 0 Å². The maximum atomic E-state index is 5.48. The molecular weight excluding hydrogens is 384 g/mol. The summed E-state index contributed by atoms with van der Waals surface area (Å²) in [5, 5.41) is 0. The van der Waals surface area contributed by atoms with E-state index in [9.17, 15) is 0 Å². The highest BCUT2D eigenvalue weighted by atomic mass is 16.5. The summed E-state index contributed by atoms with van der Waals surface area (Å²) >= 11 is 0. The van der Waals surface area contributed by atoms with Crippen LogP contribution in [0.3, 0.4) is 0 Å². The van der Waals surface area contributed by atoms with Gasteiger partial charge in [-0.1, -0.05) is 54.6 Å². The highest BCUT2D eigenvalue weighted by Gasteiger charge is 2.17. The molecule has 1 aromatic heterocycles. The molecule has 4 rings (SSSR count). The van der Waals surface area contributed by atoms with E-state index in [2.05, 4.69) is 70.2 Å². The van der Waals surface area contributed by atoms with Crippen molar-refractivity contribution < 1.29 is 9.47 Å². The standard InChI is InChI=1S/C27H28N2O2/c1-30-25-12-6-10-22(16-25)27(23-11-7-13-26(17-23)31-2)15-14-24-18-28-20-29(24)19-21-8-4-3-5-9-21/h3-13,16-18,20,27H,14-15,19H2,1-2H3. The van der Waals surface area contributed by atoms with Gasteiger partial charge in [0.2, 0.25) is 0 Å². The summed E-state index contributed by atoms with van der Waals surface area (Å²) in [6, 6.07) is 27.2. The first-order valence-corrected chi connectivity index (χ1v) is 10.6. The summed E-state index contributed by atoms with van der Waals surface area (Å²) in [7, 11) is 3.42. The third-order valence-electron chi connectivity index (χ3n) is 5.68. The molecule has 0 spiro atoms. The van der Waals surface area contributed by atoms with Gasteiger partial charge in [-0.15, -0.1) is 0 Å². The number of benzene rings is 3. The Morgan fingerprint density at radius 2 is 1.45 bits per heavy atom. The van der Waals surface area contributed by atoms with Crippen LogP contribution in [0, 0.1) is 0 Å². The Balaban J connectivity index is 1.59. The number of imidazole rings is 1. The Morgan fingerprint density at radius 3 is 2.06 bits per heavy atom. The zero-order valence-corrected chi connectivity index (χ0v) is 18.1. The highest BCUT2D eigenvalue weighted by molar-refractivity contribution is 5.40. The Kier molecular flexibility index (Phi) is 6.68. The van der Waals surface area contributed by atoms with Crippen LogP contribution < -0.4 is 9.47 Å². The maximum absolute atomic E-state index is 5.48. The zero-order chi connectivity index (χ0) is 21.5. The summed E-state index contributed by atoms with van der Waals surface area (Å²) < 4.78 is 13.2. The molecule has 0 bridgehead atoms. The second-order valence-electron chi connectivity index (χ2n) is 7.64. The highest BCUT2D eigenvalue weighted by Crippen LogP contribution is 2.33. The van der Waals surface area contributed by atoms with Crippen molar-refractivity contribution in [3.63, 3.8) is 0 Å². The molecular formula is C27H28N2O2. The maximum Gasteiger partial charge on any atom is 0.119 e. The van der Waals surface area contributed by atoms with Crippen LogP contribution in [0.4, 0.5) is 0 Å². The first-order valence-electron chi connectivity index (χ1n) is 10.6. The molecule has 0 N–H and O–H groups in total. The van der Waals surface area contributed by atoms with E-state index in [1.165, 1.54) is 22.4 Å². The largest absolute Gasteiger partial charge is 0.497 e. The third-order valence-corrected chi connectivity index (χ3v) is 5.68. The van der Waals surface area contributed by atoms with Crippen LogP contribution in [0.5, 0.6) is 11.5 Å². The minimum absolute atomic E-state index is 0.227. The van der Waals surface area contributed by atoms with Crippen molar-refractivity contribution in [1.82, 2.24) is 9.55 Å². The zero-order valence-electron chi connectivity index (χ0n) is 18.1. The van der Waals surface area contributed by atoms with Gasteiger partial charge in [-0.3, -0.25) is 0 Å². The van der Waals surface area contributed by atoms with Crippen LogP contribution in [-0.2, 0) is 13.0 Å². The van der Waals surface area contributed by atoms with Gasteiger partial charge >= 0.3 is 0 Å². The van der Waals surface area contributed by atoms with Gasteiger partial charge < -0.3 is 14.0 Å². The lowest BCUT2D eigenvalue weighted by molar-refractivity contribution is 0.413. The van der Waals surface area contributed by atoms with Gasteiger partial charge in [0.1, 0.15) is 11.5 Å². The molecule has 31 heavy (non-hydrogen) atoms. The molecule has 3 aromatic carbocycles. The molecule has 4 nitrogen and oxygen atoms in total. The summed E-state index contributed by atoms with van der Waals surface area (Å²) in [4.78, 5) is 4.42. The molecule has 0 aliphatic heterocycles. The van der Waals surface area contributed by atoms with E-state index in [-0.39, 0.29) is 5.92 Å². The van der Waals surface area contributed by atoms with Gasteiger partial charge in [-0.05, 0) is 53.8 Å². The molecule has 4 aromatic rings. The number of rotatable bonds is 9. The van der Waals surface area contributed by atoms with E-state index in [0.717, 1.165) is 30.9 Å². The van der Waals surface area contributed by atoms with Gasteiger partial charge in [0, 0.05) is 24.4 Å². The van der Waals surface area contributed by atoms with Crippen molar-refractivity contribution in [3.05, 3.63) is 114 Å². The molecule has 0 unspecified atom stereocenters. The molecule has 0 aliphatic carbocycles. The molecule has 4 heteroatoms. The second-order valence-corrected chi connectivity index (χ2v) is 7.64. The molecule has 0 radical (unpaired) electrons. The quantitative estimate of drug-likeness (QED) is 0.353. The van der Waals surface area contributed by atoms with Crippen molar-refractivity contribution in [3.8, 4) is 11.5 Å². The van der Waals surface area contributed by atoms with Crippen LogP contribution in [0.1, 0.15) is 34.7 Å². The second kappa shape index (κ2) is 9.98. The minimum atomic E-state index is 0.227. The summed E-state index contributed by atoms with van der Waals surface area (Å²) in [6.45, 7) is 0.832. The number of hydrogen-bond donors (Lipinski definition) is 0. The Labute approximate surface area is 184 Å². The summed E-state index contributed by atoms with van der Waals surface area (Å²) in [6.07, 6.45) is 5.79. The van der Waals surface area contributed by atoms with Crippen molar-refractivity contribution in [1.29, 1.82) is 0 Å². The Bertz CT molecular complexity index is 1060. The predicted molar refractivity (Wildman–Crippen MR) is 124 cm³/mol. The smallest absolute Gasteiger partial charge is 0.119 e. The van der Waals surface area contributed by atoms with E-state index in [4.69, 9.17) is 9.47 Å². The van der Waals surface area contributed by atoms with Crippen LogP contribution in [-0.4, -0.2) is 23.8 Å². The van der Waals surface area contributed by atoms with Gasteiger partial charge in [-0.2, -0.15) is 0 Å². The number of aryl methyl sites for hydroxylation is 1. The molecule has 0 fully saturated rings. The monoisotopic (exact) mass is 412 g/mol. The molecule has 0 aliphatic rings. The Hall–Kier alpha value is -3.53. The van der Waals surface area contributed by atoms with Crippen molar-refractivity contribution in [2.45, 2.75) is 25.3 Å². The molecule has 0 amide bonds. The molecule has 1 heterocycles. The Morgan fingerprint density at radius 1 is 0.806 bits per heavy atom. The number of nitrogens with zero attached hydrogens (tertiary/aromatic N) is 2. The lowest BCUT2D eigenvalue weighted by Crippen LogP contribution is -2.08. The van der Waals surface area contributed by atoms with Gasteiger partial charge in [0.05, 0.1) is 20.5 Å². The fourth-order valence-electron chi connectivity index (χ4n) is 4.01. The fraction of sp³-hybridized carbons (Fsp3) is 0.222. The van der Waals surface area contributed by atoms with Crippen molar-refractivity contribution in [2.75, 3.05) is 14.2 Å². The van der Waals surface area contributed by atoms with Crippen LogP contribution in [0.15, 0.2) is 91.4 Å². The minimum Gasteiger partial charge on any atom is -0.497 e. The van der Waals surface area contributed by atoms with Crippen LogP contribution in [0.2, 0.25) is 0 Å². The number of ether oxygens (including phenoxy) is 2. The van der Waals surface area contributed by atoms with E-state index in [1.807, 2.05) is 30.7 Å². The van der Waals surface area contributed by atoms with E-state index < -0.39 is 0 Å². The average Bonchev–Trinajstić information content (AvgIpc) is 3.27. The van der Waals surface area contributed by atoms with Gasteiger partial charge in [0.25, 0.3) is 0 Å². The number of methoxy groups -OCH3 is 2. The van der Waals surface area contributed by atoms with Crippen LogP contribution in [0.25, 0.3) is 0 Å². The fourth-order valence-corrected chi connectivity index (χ4v) is 4.01. The SMILES string of the molecule is COc1cccc(C(CCc2cncn2Cc2ccccc2)c2cccc(OC)c2)c1. The van der Waals surface area contributed by atoms with E-state index >= 15 is 0 Å².